The van der Waals surface area contributed by atoms with Crippen LogP contribution in [0.15, 0.2) is 24.5 Å². The number of aromatic hydroxyl groups is 2. The number of phenols is 2. The van der Waals surface area contributed by atoms with Gasteiger partial charge in [-0.25, -0.2) is 15.0 Å². The highest BCUT2D eigenvalue weighted by molar-refractivity contribution is 5.84. The van der Waals surface area contributed by atoms with E-state index in [4.69, 9.17) is 5.73 Å². The Hall–Kier alpha value is -2.83. The summed E-state index contributed by atoms with van der Waals surface area (Å²) in [5.74, 6) is 0.399. The molecule has 3 rings (SSSR count). The zero-order valence-electron chi connectivity index (χ0n) is 9.12. The Morgan fingerprint density at radius 2 is 1.94 bits per heavy atom. The molecule has 0 unspecified atom stereocenters. The lowest BCUT2D eigenvalue weighted by molar-refractivity contribution is 0.404. The smallest absolute Gasteiger partial charge is 0.183 e. The van der Waals surface area contributed by atoms with Crippen LogP contribution in [0.4, 0.5) is 5.82 Å². The fraction of sp³-hybridized carbons (Fsp3) is 0. The summed E-state index contributed by atoms with van der Waals surface area (Å²) < 4.78 is 0. The number of nitrogen functional groups attached to an aromatic ring is 1. The minimum absolute atomic E-state index is 0.186. The molecule has 0 atom stereocenters. The number of phenolic OH excluding ortho intramolecular Hbond substituents is 2. The number of aromatic nitrogens is 4. The molecule has 3 aromatic rings. The van der Waals surface area contributed by atoms with Crippen LogP contribution in [0.2, 0.25) is 0 Å². The molecule has 0 amide bonds. The molecule has 7 nitrogen and oxygen atoms in total. The molecule has 1 aromatic carbocycles. The van der Waals surface area contributed by atoms with Gasteiger partial charge in [0.15, 0.2) is 23.0 Å². The molecular weight excluding hydrogens is 234 g/mol. The summed E-state index contributed by atoms with van der Waals surface area (Å²) >= 11 is 0. The van der Waals surface area contributed by atoms with Crippen molar-refractivity contribution in [1.82, 2.24) is 19.9 Å². The maximum absolute atomic E-state index is 9.45. The Morgan fingerprint density at radius 1 is 1.11 bits per heavy atom. The Kier molecular flexibility index (Phi) is 2.06. The van der Waals surface area contributed by atoms with E-state index in [1.807, 2.05) is 0 Å². The van der Waals surface area contributed by atoms with Crippen LogP contribution in [0, 0.1) is 0 Å². The number of hydrogen-bond acceptors (Lipinski definition) is 6. The van der Waals surface area contributed by atoms with Gasteiger partial charge in [-0.3, -0.25) is 0 Å². The first-order valence-electron chi connectivity index (χ1n) is 5.13. The zero-order chi connectivity index (χ0) is 12.7. The number of benzene rings is 1. The SMILES string of the molecule is Nc1ncnc2nc(-c3ccc(O)c(O)c3)[nH]c12. The average Bonchev–Trinajstić information content (AvgIpc) is 2.78. The molecule has 7 heteroatoms. The minimum Gasteiger partial charge on any atom is -0.504 e. The summed E-state index contributed by atoms with van der Waals surface area (Å²) in [6.45, 7) is 0. The minimum atomic E-state index is -0.216. The van der Waals surface area contributed by atoms with E-state index in [1.165, 1.54) is 18.5 Å². The third-order valence-electron chi connectivity index (χ3n) is 2.57. The van der Waals surface area contributed by atoms with Crippen molar-refractivity contribution in [2.24, 2.45) is 0 Å². The number of aromatic amines is 1. The molecule has 0 saturated carbocycles. The van der Waals surface area contributed by atoms with Crippen molar-refractivity contribution >= 4 is 17.0 Å². The molecule has 0 aliphatic heterocycles. The molecule has 0 spiro atoms. The number of nitrogens with one attached hydrogen (secondary N) is 1. The Morgan fingerprint density at radius 3 is 2.67 bits per heavy atom. The van der Waals surface area contributed by atoms with Crippen LogP contribution >= 0.6 is 0 Å². The Labute approximate surface area is 101 Å². The maximum Gasteiger partial charge on any atom is 0.183 e. The highest BCUT2D eigenvalue weighted by Crippen LogP contribution is 2.30. The lowest BCUT2D eigenvalue weighted by Crippen LogP contribution is -1.91. The van der Waals surface area contributed by atoms with E-state index in [9.17, 15) is 10.2 Å². The van der Waals surface area contributed by atoms with Crippen LogP contribution in [0.5, 0.6) is 11.5 Å². The second kappa shape index (κ2) is 3.59. The first kappa shape index (κ1) is 10.3. The third-order valence-corrected chi connectivity index (χ3v) is 2.57. The number of fused-ring (bicyclic) bond motifs is 1. The van der Waals surface area contributed by atoms with Gasteiger partial charge in [0.1, 0.15) is 17.7 Å². The van der Waals surface area contributed by atoms with E-state index in [1.54, 1.807) is 6.07 Å². The van der Waals surface area contributed by atoms with Gasteiger partial charge in [-0.05, 0) is 18.2 Å². The molecule has 0 radical (unpaired) electrons. The predicted octanol–water partition coefficient (Wildman–Crippen LogP) is 1.01. The largest absolute Gasteiger partial charge is 0.504 e. The lowest BCUT2D eigenvalue weighted by Gasteiger charge is -1.99. The molecule has 0 fully saturated rings. The second-order valence-corrected chi connectivity index (χ2v) is 3.75. The van der Waals surface area contributed by atoms with Gasteiger partial charge in [0.2, 0.25) is 0 Å². The second-order valence-electron chi connectivity index (χ2n) is 3.75. The summed E-state index contributed by atoms with van der Waals surface area (Å²) in [4.78, 5) is 15.0. The predicted molar refractivity (Wildman–Crippen MR) is 64.9 cm³/mol. The summed E-state index contributed by atoms with van der Waals surface area (Å²) in [7, 11) is 0. The Balaban J connectivity index is 2.19. The lowest BCUT2D eigenvalue weighted by atomic mass is 10.2. The van der Waals surface area contributed by atoms with Crippen molar-refractivity contribution in [3.8, 4) is 22.9 Å². The molecule has 2 heterocycles. The number of nitrogens with zero attached hydrogens (tertiary/aromatic N) is 3. The van der Waals surface area contributed by atoms with Crippen LogP contribution in [-0.4, -0.2) is 30.1 Å². The number of anilines is 1. The molecule has 18 heavy (non-hydrogen) atoms. The molecule has 0 bridgehead atoms. The van der Waals surface area contributed by atoms with E-state index in [-0.39, 0.29) is 11.5 Å². The van der Waals surface area contributed by atoms with Crippen LogP contribution in [0.1, 0.15) is 0 Å². The van der Waals surface area contributed by atoms with Gasteiger partial charge in [-0.1, -0.05) is 0 Å². The maximum atomic E-state index is 9.45. The monoisotopic (exact) mass is 243 g/mol. The van der Waals surface area contributed by atoms with Crippen LogP contribution in [-0.2, 0) is 0 Å². The highest BCUT2D eigenvalue weighted by Gasteiger charge is 2.10. The fourth-order valence-electron chi connectivity index (χ4n) is 1.65. The van der Waals surface area contributed by atoms with Crippen LogP contribution in [0.25, 0.3) is 22.6 Å². The molecule has 2 aromatic heterocycles. The van der Waals surface area contributed by atoms with Crippen molar-refractivity contribution in [3.05, 3.63) is 24.5 Å². The molecule has 0 saturated heterocycles. The zero-order valence-corrected chi connectivity index (χ0v) is 9.12. The number of rotatable bonds is 1. The van der Waals surface area contributed by atoms with Crippen molar-refractivity contribution in [3.63, 3.8) is 0 Å². The fourth-order valence-corrected chi connectivity index (χ4v) is 1.65. The van der Waals surface area contributed by atoms with E-state index in [0.29, 0.717) is 28.4 Å². The number of H-pyrrole nitrogens is 1. The van der Waals surface area contributed by atoms with Crippen LogP contribution < -0.4 is 5.73 Å². The van der Waals surface area contributed by atoms with Gasteiger partial charge in [0, 0.05) is 5.56 Å². The topological polar surface area (TPSA) is 121 Å². The average molecular weight is 243 g/mol. The first-order valence-corrected chi connectivity index (χ1v) is 5.13. The summed E-state index contributed by atoms with van der Waals surface area (Å²) in [6, 6.07) is 4.40. The van der Waals surface area contributed by atoms with Crippen molar-refractivity contribution in [1.29, 1.82) is 0 Å². The number of nitrogens with two attached hydrogens (primary N) is 1. The summed E-state index contributed by atoms with van der Waals surface area (Å²) in [5.41, 5.74) is 7.29. The highest BCUT2D eigenvalue weighted by atomic mass is 16.3. The number of hydrogen-bond donors (Lipinski definition) is 4. The molecule has 5 N–H and O–H groups in total. The van der Waals surface area contributed by atoms with Crippen molar-refractivity contribution in [2.45, 2.75) is 0 Å². The van der Waals surface area contributed by atoms with Gasteiger partial charge >= 0.3 is 0 Å². The molecule has 0 aliphatic rings. The van der Waals surface area contributed by atoms with Gasteiger partial charge in [0.05, 0.1) is 0 Å². The summed E-state index contributed by atoms with van der Waals surface area (Å²) in [6.07, 6.45) is 1.33. The first-order chi connectivity index (χ1) is 8.65. The van der Waals surface area contributed by atoms with Gasteiger partial charge in [0.25, 0.3) is 0 Å². The Bertz CT molecular complexity index is 737. The van der Waals surface area contributed by atoms with Crippen molar-refractivity contribution in [2.75, 3.05) is 5.73 Å². The normalized spacial score (nSPS) is 10.9. The van der Waals surface area contributed by atoms with E-state index >= 15 is 0 Å². The molecular formula is C11H9N5O2. The van der Waals surface area contributed by atoms with Gasteiger partial charge in [-0.15, -0.1) is 0 Å². The van der Waals surface area contributed by atoms with Gasteiger partial charge < -0.3 is 20.9 Å². The summed E-state index contributed by atoms with van der Waals surface area (Å²) in [5, 5.41) is 18.7. The van der Waals surface area contributed by atoms with Gasteiger partial charge in [-0.2, -0.15) is 0 Å². The van der Waals surface area contributed by atoms with E-state index in [0.717, 1.165) is 0 Å². The van der Waals surface area contributed by atoms with E-state index < -0.39 is 0 Å². The quantitative estimate of drug-likeness (QED) is 0.473. The van der Waals surface area contributed by atoms with Crippen molar-refractivity contribution < 1.29 is 10.2 Å². The van der Waals surface area contributed by atoms with Crippen LogP contribution in [0.3, 0.4) is 0 Å². The van der Waals surface area contributed by atoms with E-state index in [2.05, 4.69) is 19.9 Å². The number of imidazole rings is 1. The molecule has 90 valence electrons. The molecule has 0 aliphatic carbocycles. The standard InChI is InChI=1S/C11H9N5O2/c12-9-8-11(14-4-13-9)16-10(15-8)5-1-2-6(17)7(18)3-5/h1-4,17-18H,(H3,12,13,14,15,16). The third kappa shape index (κ3) is 1.49.